The fraction of sp³-hybridized carbons (Fsp3) is 0.400. The Morgan fingerprint density at radius 2 is 2.07 bits per heavy atom. The van der Waals surface area contributed by atoms with Gasteiger partial charge in [-0.25, -0.2) is 4.39 Å². The van der Waals surface area contributed by atoms with Gasteiger partial charge in [0.1, 0.15) is 5.82 Å². The van der Waals surface area contributed by atoms with Crippen LogP contribution in [0.25, 0.3) is 0 Å². The molecule has 1 saturated carbocycles. The number of nitrogens with two attached hydrogens (primary N) is 2. The van der Waals surface area contributed by atoms with Gasteiger partial charge in [0, 0.05) is 6.04 Å². The average Bonchev–Trinajstić information content (AvgIpc) is 2.95. The molecule has 1 atom stereocenters. The lowest BCUT2D eigenvalue weighted by molar-refractivity contribution is 0.605. The summed E-state index contributed by atoms with van der Waals surface area (Å²) < 4.78 is 13.2. The monoisotopic (exact) mass is 214 g/mol. The second-order valence-electron chi connectivity index (χ2n) is 3.76. The number of rotatable bonds is 2. The standard InChI is InChI=1S/C10H12ClFN2/c11-7-3-6(4-8(12)10(7)14)9(13)5-1-2-5/h3-5,9H,1-2,13-14H2. The SMILES string of the molecule is Nc1c(F)cc(C(N)C2CC2)cc1Cl. The van der Waals surface area contributed by atoms with E-state index < -0.39 is 5.82 Å². The van der Waals surface area contributed by atoms with E-state index >= 15 is 0 Å². The molecule has 1 aromatic rings. The molecule has 14 heavy (non-hydrogen) atoms. The largest absolute Gasteiger partial charge is 0.395 e. The molecule has 1 aromatic carbocycles. The molecule has 4 N–H and O–H groups in total. The maximum Gasteiger partial charge on any atom is 0.147 e. The summed E-state index contributed by atoms with van der Waals surface area (Å²) in [6.07, 6.45) is 2.23. The number of nitrogen functional groups attached to an aromatic ring is 1. The first-order valence-electron chi connectivity index (χ1n) is 4.59. The molecule has 0 aromatic heterocycles. The van der Waals surface area contributed by atoms with Crippen LogP contribution in [0.5, 0.6) is 0 Å². The fourth-order valence-electron chi connectivity index (χ4n) is 1.52. The zero-order valence-electron chi connectivity index (χ0n) is 7.63. The minimum absolute atomic E-state index is 0.00147. The van der Waals surface area contributed by atoms with E-state index in [2.05, 4.69) is 0 Å². The van der Waals surface area contributed by atoms with Crippen LogP contribution in [-0.2, 0) is 0 Å². The first kappa shape index (κ1) is 9.74. The van der Waals surface area contributed by atoms with Crippen molar-refractivity contribution in [3.05, 3.63) is 28.5 Å². The maximum absolute atomic E-state index is 13.2. The zero-order chi connectivity index (χ0) is 10.3. The predicted octanol–water partition coefficient (Wildman–Crippen LogP) is 2.47. The molecule has 0 amide bonds. The Labute approximate surface area is 87.0 Å². The van der Waals surface area contributed by atoms with Crippen molar-refractivity contribution in [2.75, 3.05) is 5.73 Å². The molecule has 1 unspecified atom stereocenters. The van der Waals surface area contributed by atoms with Gasteiger partial charge < -0.3 is 11.5 Å². The van der Waals surface area contributed by atoms with E-state index in [1.165, 1.54) is 6.07 Å². The van der Waals surface area contributed by atoms with Gasteiger partial charge in [-0.1, -0.05) is 11.6 Å². The van der Waals surface area contributed by atoms with Crippen LogP contribution in [0.4, 0.5) is 10.1 Å². The van der Waals surface area contributed by atoms with E-state index in [1.807, 2.05) is 0 Å². The molecule has 0 bridgehead atoms. The number of halogens is 2. The van der Waals surface area contributed by atoms with Gasteiger partial charge >= 0.3 is 0 Å². The number of hydrogen-bond acceptors (Lipinski definition) is 2. The van der Waals surface area contributed by atoms with Crippen LogP contribution in [0.2, 0.25) is 5.02 Å². The van der Waals surface area contributed by atoms with Crippen LogP contribution in [0.3, 0.4) is 0 Å². The van der Waals surface area contributed by atoms with E-state index in [0.29, 0.717) is 5.92 Å². The van der Waals surface area contributed by atoms with E-state index in [0.717, 1.165) is 18.4 Å². The molecule has 2 rings (SSSR count). The van der Waals surface area contributed by atoms with Crippen LogP contribution < -0.4 is 11.5 Å². The van der Waals surface area contributed by atoms with E-state index in [-0.39, 0.29) is 16.8 Å². The van der Waals surface area contributed by atoms with Crippen molar-refractivity contribution in [3.63, 3.8) is 0 Å². The summed E-state index contributed by atoms with van der Waals surface area (Å²) in [6, 6.07) is 2.93. The van der Waals surface area contributed by atoms with Crippen LogP contribution in [0, 0.1) is 11.7 Å². The quantitative estimate of drug-likeness (QED) is 0.744. The van der Waals surface area contributed by atoms with Gasteiger partial charge in [0.25, 0.3) is 0 Å². The second-order valence-corrected chi connectivity index (χ2v) is 4.17. The molecule has 1 fully saturated rings. The molecule has 0 saturated heterocycles. The van der Waals surface area contributed by atoms with E-state index in [4.69, 9.17) is 23.1 Å². The molecule has 76 valence electrons. The van der Waals surface area contributed by atoms with Crippen molar-refractivity contribution in [1.82, 2.24) is 0 Å². The van der Waals surface area contributed by atoms with Gasteiger partial charge in [0.15, 0.2) is 0 Å². The lowest BCUT2D eigenvalue weighted by atomic mass is 10.0. The molecule has 0 aliphatic heterocycles. The third-order valence-electron chi connectivity index (χ3n) is 2.62. The molecular formula is C10H12ClFN2. The highest BCUT2D eigenvalue weighted by Crippen LogP contribution is 2.40. The summed E-state index contributed by atoms with van der Waals surface area (Å²) in [5, 5.41) is 0.246. The van der Waals surface area contributed by atoms with Crippen molar-refractivity contribution < 1.29 is 4.39 Å². The summed E-state index contributed by atoms with van der Waals surface area (Å²) in [5.41, 5.74) is 12.1. The number of anilines is 1. The van der Waals surface area contributed by atoms with Crippen LogP contribution >= 0.6 is 11.6 Å². The smallest absolute Gasteiger partial charge is 0.147 e. The third-order valence-corrected chi connectivity index (χ3v) is 2.93. The molecule has 1 aliphatic carbocycles. The highest BCUT2D eigenvalue weighted by molar-refractivity contribution is 6.33. The van der Waals surface area contributed by atoms with Gasteiger partial charge in [-0.15, -0.1) is 0 Å². The van der Waals surface area contributed by atoms with E-state index in [1.54, 1.807) is 6.07 Å². The number of hydrogen-bond donors (Lipinski definition) is 2. The van der Waals surface area contributed by atoms with Gasteiger partial charge in [-0.05, 0) is 36.5 Å². The Hall–Kier alpha value is -0.800. The summed E-state index contributed by atoms with van der Waals surface area (Å²) in [5.74, 6) is -0.00214. The summed E-state index contributed by atoms with van der Waals surface area (Å²) in [6.45, 7) is 0. The lowest BCUT2D eigenvalue weighted by Gasteiger charge is -2.12. The normalized spacial score (nSPS) is 18.2. The first-order valence-corrected chi connectivity index (χ1v) is 4.97. The Kier molecular flexibility index (Phi) is 2.37. The highest BCUT2D eigenvalue weighted by atomic mass is 35.5. The summed E-state index contributed by atoms with van der Waals surface area (Å²) >= 11 is 5.77. The van der Waals surface area contributed by atoms with Crippen LogP contribution in [0.15, 0.2) is 12.1 Å². The van der Waals surface area contributed by atoms with Gasteiger partial charge in [-0.3, -0.25) is 0 Å². The van der Waals surface area contributed by atoms with E-state index in [9.17, 15) is 4.39 Å². The number of benzene rings is 1. The molecule has 0 spiro atoms. The molecule has 0 heterocycles. The minimum atomic E-state index is -0.483. The minimum Gasteiger partial charge on any atom is -0.395 e. The molecule has 1 aliphatic rings. The molecule has 2 nitrogen and oxygen atoms in total. The van der Waals surface area contributed by atoms with Crippen molar-refractivity contribution in [2.24, 2.45) is 11.7 Å². The van der Waals surface area contributed by atoms with Gasteiger partial charge in [0.2, 0.25) is 0 Å². The van der Waals surface area contributed by atoms with Crippen molar-refractivity contribution in [2.45, 2.75) is 18.9 Å². The second kappa shape index (κ2) is 3.41. The van der Waals surface area contributed by atoms with Crippen molar-refractivity contribution in [3.8, 4) is 0 Å². The molecular weight excluding hydrogens is 203 g/mol. The molecule has 0 radical (unpaired) electrons. The van der Waals surface area contributed by atoms with Crippen molar-refractivity contribution in [1.29, 1.82) is 0 Å². The Balaban J connectivity index is 2.34. The highest BCUT2D eigenvalue weighted by Gasteiger charge is 2.30. The van der Waals surface area contributed by atoms with Gasteiger partial charge in [-0.2, -0.15) is 0 Å². The van der Waals surface area contributed by atoms with Gasteiger partial charge in [0.05, 0.1) is 10.7 Å². The summed E-state index contributed by atoms with van der Waals surface area (Å²) in [7, 11) is 0. The van der Waals surface area contributed by atoms with Crippen LogP contribution in [-0.4, -0.2) is 0 Å². The Morgan fingerprint density at radius 3 is 2.57 bits per heavy atom. The summed E-state index contributed by atoms with van der Waals surface area (Å²) in [4.78, 5) is 0. The Bertz CT molecular complexity index is 340. The maximum atomic E-state index is 13.2. The molecule has 4 heteroatoms. The third kappa shape index (κ3) is 1.70. The fourth-order valence-corrected chi connectivity index (χ4v) is 1.74. The lowest BCUT2D eigenvalue weighted by Crippen LogP contribution is -2.13. The van der Waals surface area contributed by atoms with Crippen molar-refractivity contribution >= 4 is 17.3 Å². The first-order chi connectivity index (χ1) is 6.59. The predicted molar refractivity (Wildman–Crippen MR) is 55.5 cm³/mol. The topological polar surface area (TPSA) is 52.0 Å². The average molecular weight is 215 g/mol. The zero-order valence-corrected chi connectivity index (χ0v) is 8.39. The Morgan fingerprint density at radius 1 is 1.43 bits per heavy atom. The van der Waals surface area contributed by atoms with Crippen LogP contribution in [0.1, 0.15) is 24.4 Å².